The van der Waals surface area contributed by atoms with E-state index in [1.165, 1.54) is 0 Å². The Morgan fingerprint density at radius 1 is 0.889 bits per heavy atom. The van der Waals surface area contributed by atoms with Crippen LogP contribution in [0.1, 0.15) is 18.4 Å². The number of rotatable bonds is 2. The number of allylic oxidation sites excluding steroid dienone is 4. The highest BCUT2D eigenvalue weighted by Gasteiger charge is 2.73. The van der Waals surface area contributed by atoms with Crippen LogP contribution in [0.3, 0.4) is 0 Å². The molecule has 5 aliphatic rings. The van der Waals surface area contributed by atoms with Gasteiger partial charge in [-0.15, -0.1) is 0 Å². The Morgan fingerprint density at radius 3 is 2.30 bits per heavy atom. The van der Waals surface area contributed by atoms with E-state index in [9.17, 15) is 13.8 Å². The van der Waals surface area contributed by atoms with E-state index in [0.717, 1.165) is 18.4 Å². The smallest absolute Gasteiger partial charge is 0.157 e. The summed E-state index contributed by atoms with van der Waals surface area (Å²) in [7, 11) is -1.51. The van der Waals surface area contributed by atoms with Crippen LogP contribution in [-0.4, -0.2) is 20.5 Å². The molecule has 0 amide bonds. The number of aryl methyl sites for hydroxylation is 1. The fraction of sp³-hybridized carbons (Fsp3) is 0.478. The number of Topliss-reactive ketones (excluding diaryl/α,β-unsaturated/α-hetero) is 2. The maximum absolute atomic E-state index is 14.0. The molecule has 6 rings (SSSR count). The molecule has 0 aromatic heterocycles. The van der Waals surface area contributed by atoms with Crippen LogP contribution in [0.15, 0.2) is 53.5 Å². The fourth-order valence-corrected chi connectivity index (χ4v) is 8.90. The van der Waals surface area contributed by atoms with Crippen LogP contribution in [0.4, 0.5) is 0 Å². The monoisotopic (exact) mass is 378 g/mol. The zero-order valence-electron chi connectivity index (χ0n) is 15.2. The molecular formula is C23H22O3S. The van der Waals surface area contributed by atoms with Gasteiger partial charge in [0.2, 0.25) is 0 Å². The molecule has 3 saturated carbocycles. The topological polar surface area (TPSA) is 51.2 Å². The number of hydrogen-bond acceptors (Lipinski definition) is 3. The number of carbonyl (C=O) groups is 2. The van der Waals surface area contributed by atoms with Gasteiger partial charge in [0.1, 0.15) is 10.5 Å². The molecule has 4 bridgehead atoms. The summed E-state index contributed by atoms with van der Waals surface area (Å²) in [5, 5.41) is 0. The Bertz CT molecular complexity index is 958. The molecule has 0 N–H and O–H groups in total. The van der Waals surface area contributed by atoms with Crippen LogP contribution in [0.2, 0.25) is 0 Å². The third-order valence-corrected chi connectivity index (χ3v) is 9.95. The zero-order chi connectivity index (χ0) is 18.5. The van der Waals surface area contributed by atoms with E-state index >= 15 is 0 Å². The molecule has 27 heavy (non-hydrogen) atoms. The minimum absolute atomic E-state index is 0.0739. The van der Waals surface area contributed by atoms with Gasteiger partial charge in [-0.3, -0.25) is 13.8 Å². The maximum atomic E-state index is 14.0. The molecule has 0 spiro atoms. The second-order valence-corrected chi connectivity index (χ2v) is 10.7. The van der Waals surface area contributed by atoms with Crippen molar-refractivity contribution in [3.8, 4) is 0 Å². The van der Waals surface area contributed by atoms with Gasteiger partial charge in [0.05, 0.1) is 10.8 Å². The summed E-state index contributed by atoms with van der Waals surface area (Å²) in [5.41, 5.74) is 1.10. The molecule has 0 radical (unpaired) electrons. The molecule has 3 nitrogen and oxygen atoms in total. The van der Waals surface area contributed by atoms with Crippen LogP contribution in [0.5, 0.6) is 0 Å². The van der Waals surface area contributed by atoms with E-state index in [1.807, 2.05) is 31.2 Å². The Hall–Kier alpha value is -1.81. The molecule has 138 valence electrons. The average Bonchev–Trinajstić information content (AvgIpc) is 3.45. The summed E-state index contributed by atoms with van der Waals surface area (Å²) in [6.07, 6.45) is 10.2. The lowest BCUT2D eigenvalue weighted by Crippen LogP contribution is -2.64. The Morgan fingerprint density at radius 2 is 1.56 bits per heavy atom. The first kappa shape index (κ1) is 16.2. The zero-order valence-corrected chi connectivity index (χ0v) is 16.0. The molecule has 0 saturated heterocycles. The maximum Gasteiger partial charge on any atom is 0.157 e. The van der Waals surface area contributed by atoms with Crippen molar-refractivity contribution >= 4 is 22.4 Å². The minimum Gasteiger partial charge on any atom is -0.299 e. The number of ketones is 2. The van der Waals surface area contributed by atoms with Crippen molar-refractivity contribution in [1.82, 2.24) is 0 Å². The number of fused-ring (bicyclic) bond motifs is 10. The van der Waals surface area contributed by atoms with Crippen molar-refractivity contribution in [2.45, 2.75) is 29.4 Å². The molecule has 0 aliphatic heterocycles. The molecule has 5 aliphatic carbocycles. The summed E-state index contributed by atoms with van der Waals surface area (Å²) in [6, 6.07) is 7.63. The van der Waals surface area contributed by atoms with E-state index in [-0.39, 0.29) is 47.1 Å². The highest BCUT2D eigenvalue weighted by Crippen LogP contribution is 2.64. The van der Waals surface area contributed by atoms with Crippen LogP contribution < -0.4 is 0 Å². The normalized spacial score (nSPS) is 46.8. The van der Waals surface area contributed by atoms with Gasteiger partial charge in [-0.1, -0.05) is 42.0 Å². The number of carbonyl (C=O) groups excluding carboxylic acids is 2. The Labute approximate surface area is 161 Å². The molecule has 1 unspecified atom stereocenters. The van der Waals surface area contributed by atoms with Gasteiger partial charge in [0.25, 0.3) is 0 Å². The van der Waals surface area contributed by atoms with Crippen LogP contribution in [-0.2, 0) is 20.4 Å². The van der Waals surface area contributed by atoms with Crippen molar-refractivity contribution < 1.29 is 13.8 Å². The molecular weight excluding hydrogens is 356 g/mol. The molecule has 0 heterocycles. The van der Waals surface area contributed by atoms with Gasteiger partial charge >= 0.3 is 0 Å². The molecule has 1 aromatic carbocycles. The highest BCUT2D eigenvalue weighted by atomic mass is 32.2. The summed E-state index contributed by atoms with van der Waals surface area (Å²) in [4.78, 5) is 28.3. The molecule has 1 aromatic rings. The largest absolute Gasteiger partial charge is 0.299 e. The number of hydrogen-bond donors (Lipinski definition) is 0. The Balaban J connectivity index is 1.54. The van der Waals surface area contributed by atoms with Crippen LogP contribution >= 0.6 is 0 Å². The van der Waals surface area contributed by atoms with Crippen molar-refractivity contribution in [3.63, 3.8) is 0 Å². The Kier molecular flexibility index (Phi) is 3.09. The third-order valence-electron chi connectivity index (χ3n) is 7.88. The van der Waals surface area contributed by atoms with Gasteiger partial charge in [-0.05, 0) is 49.7 Å². The van der Waals surface area contributed by atoms with Gasteiger partial charge < -0.3 is 0 Å². The number of benzene rings is 1. The highest BCUT2D eigenvalue weighted by molar-refractivity contribution is 7.87. The first-order chi connectivity index (χ1) is 13.0. The second-order valence-electron chi connectivity index (χ2n) is 9.01. The summed E-state index contributed by atoms with van der Waals surface area (Å²) in [6.45, 7) is 2.00. The van der Waals surface area contributed by atoms with Crippen molar-refractivity contribution in [2.24, 2.45) is 41.4 Å². The summed E-state index contributed by atoms with van der Waals surface area (Å²) >= 11 is 0. The van der Waals surface area contributed by atoms with Crippen LogP contribution in [0, 0.1) is 48.3 Å². The molecule has 4 heteroatoms. The lowest BCUT2D eigenvalue weighted by atomic mass is 9.60. The first-order valence-electron chi connectivity index (χ1n) is 9.96. The van der Waals surface area contributed by atoms with E-state index < -0.39 is 21.5 Å². The standard InChI is InChI=1S/C23H22O3S/c1-12-2-8-17(9-3-12)27(26)23-16-7-6-15(11-16)20(23)21(24)18-13-4-5-14(10-13)19(18)22(23)25/h2-9,13-16,18-20H,10-11H2,1H3/t13-,14+,15+,16-,18-,19+,20+,23-,27?/m1/s1. The predicted molar refractivity (Wildman–Crippen MR) is 102 cm³/mol. The van der Waals surface area contributed by atoms with Crippen molar-refractivity contribution in [2.75, 3.05) is 0 Å². The van der Waals surface area contributed by atoms with E-state index in [1.54, 1.807) is 0 Å². The van der Waals surface area contributed by atoms with E-state index in [4.69, 9.17) is 0 Å². The first-order valence-corrected chi connectivity index (χ1v) is 11.1. The van der Waals surface area contributed by atoms with Crippen LogP contribution in [0.25, 0.3) is 0 Å². The van der Waals surface area contributed by atoms with Gasteiger partial charge in [0, 0.05) is 28.6 Å². The van der Waals surface area contributed by atoms with E-state index in [2.05, 4.69) is 24.3 Å². The SMILES string of the molecule is Cc1ccc(S(=O)[C@@]23C(=O)[C@@H]4[C@H](C(=O)[C@@H]2[C@H]2C=C[C@@H]3C2)[C@@H]2C=C[C@H]4C2)cc1. The summed E-state index contributed by atoms with van der Waals surface area (Å²) in [5.74, 6) is -0.133. The average molecular weight is 378 g/mol. The minimum atomic E-state index is -1.51. The van der Waals surface area contributed by atoms with Crippen molar-refractivity contribution in [3.05, 3.63) is 54.1 Å². The van der Waals surface area contributed by atoms with Gasteiger partial charge in [-0.2, -0.15) is 0 Å². The predicted octanol–water partition coefficient (Wildman–Crippen LogP) is 3.25. The van der Waals surface area contributed by atoms with E-state index in [0.29, 0.717) is 4.90 Å². The fourth-order valence-electron chi connectivity index (χ4n) is 6.84. The quantitative estimate of drug-likeness (QED) is 0.743. The second kappa shape index (κ2) is 5.16. The molecule has 9 atom stereocenters. The molecule has 3 fully saturated rings. The van der Waals surface area contributed by atoms with Crippen molar-refractivity contribution in [1.29, 1.82) is 0 Å². The lowest BCUT2D eigenvalue weighted by Gasteiger charge is -2.48. The summed E-state index contributed by atoms with van der Waals surface area (Å²) < 4.78 is 12.9. The van der Waals surface area contributed by atoms with Gasteiger partial charge in [0.15, 0.2) is 5.78 Å². The third kappa shape index (κ3) is 1.76. The lowest BCUT2D eigenvalue weighted by molar-refractivity contribution is -0.146. The van der Waals surface area contributed by atoms with Gasteiger partial charge in [-0.25, -0.2) is 0 Å².